The molecule has 50 heavy (non-hydrogen) atoms. The molecule has 1 radical (unpaired) electrons. The maximum Gasteiger partial charge on any atom is 0.164 e. The molecule has 2 heterocycles. The van der Waals surface area contributed by atoms with E-state index in [0.717, 1.165) is 48.9 Å². The monoisotopic (exact) mass is 865 g/mol. The number of rotatable bonds is 10. The Morgan fingerprint density at radius 1 is 0.920 bits per heavy atom. The Morgan fingerprint density at radius 2 is 1.58 bits per heavy atom. The van der Waals surface area contributed by atoms with Gasteiger partial charge in [-0.15, -0.1) is 40.7 Å². The van der Waals surface area contributed by atoms with E-state index in [4.69, 9.17) is 4.98 Å². The molecule has 0 saturated heterocycles. The van der Waals surface area contributed by atoms with Gasteiger partial charge >= 0.3 is 0 Å². The third-order valence-electron chi connectivity index (χ3n) is 11.3. The van der Waals surface area contributed by atoms with Crippen molar-refractivity contribution in [2.45, 2.75) is 107 Å². The minimum absolute atomic E-state index is 0. The van der Waals surface area contributed by atoms with Crippen LogP contribution in [-0.4, -0.2) is 15.9 Å². The predicted molar refractivity (Wildman–Crippen MR) is 211 cm³/mol. The van der Waals surface area contributed by atoms with Crippen LogP contribution in [-0.2, 0) is 36.7 Å². The molecule has 0 amide bonds. The second-order valence-electron chi connectivity index (χ2n) is 15.3. The van der Waals surface area contributed by atoms with E-state index >= 15 is 0 Å². The zero-order valence-corrected chi connectivity index (χ0v) is 34.8. The summed E-state index contributed by atoms with van der Waals surface area (Å²) in [6, 6.07) is 27.8. The second-order valence-corrected chi connectivity index (χ2v) is 16.4. The number of allylic oxidation sites excluding steroid dienone is 2. The number of benzene rings is 3. The number of thiophene rings is 1. The molecule has 0 atom stereocenters. The van der Waals surface area contributed by atoms with Gasteiger partial charge in [-0.05, 0) is 89.2 Å². The first kappa shape index (κ1) is 39.7. The van der Waals surface area contributed by atoms with Crippen LogP contribution in [0.3, 0.4) is 0 Å². The number of ketones is 1. The number of pyridine rings is 1. The van der Waals surface area contributed by atoms with Crippen LogP contribution in [0.15, 0.2) is 78.6 Å². The van der Waals surface area contributed by atoms with Gasteiger partial charge in [0.1, 0.15) is 5.76 Å². The van der Waals surface area contributed by atoms with E-state index in [1.54, 1.807) is 0 Å². The van der Waals surface area contributed by atoms with Gasteiger partial charge in [0, 0.05) is 46.6 Å². The first-order valence-electron chi connectivity index (χ1n) is 18.2. The molecule has 5 aromatic rings. The molecular formula is C45H54IrNO2S-. The fourth-order valence-electron chi connectivity index (χ4n) is 7.12. The summed E-state index contributed by atoms with van der Waals surface area (Å²) in [5.41, 5.74) is 8.04. The molecule has 1 N–H and O–H groups in total. The first-order valence-corrected chi connectivity index (χ1v) is 19.0. The Labute approximate surface area is 318 Å². The summed E-state index contributed by atoms with van der Waals surface area (Å²) in [6.07, 6.45) is 5.85. The number of aliphatic hydroxyl groups is 1. The summed E-state index contributed by atoms with van der Waals surface area (Å²) in [4.78, 5) is 18.7. The first-order chi connectivity index (χ1) is 23.2. The molecule has 267 valence electrons. The Balaban J connectivity index is 0.000000269. The predicted octanol–water partition coefficient (Wildman–Crippen LogP) is 13.1. The summed E-state index contributed by atoms with van der Waals surface area (Å²) in [6.45, 7) is 21.3. The van der Waals surface area contributed by atoms with Gasteiger partial charge in [-0.2, -0.15) is 0 Å². The molecule has 1 aliphatic rings. The van der Waals surface area contributed by atoms with Gasteiger partial charge in [0.15, 0.2) is 5.78 Å². The van der Waals surface area contributed by atoms with Gasteiger partial charge in [-0.25, -0.2) is 0 Å². The van der Waals surface area contributed by atoms with Crippen molar-refractivity contribution in [3.8, 4) is 21.7 Å². The van der Waals surface area contributed by atoms with Crippen LogP contribution in [0.25, 0.3) is 42.7 Å². The van der Waals surface area contributed by atoms with E-state index < -0.39 is 0 Å². The maximum atomic E-state index is 12.2. The van der Waals surface area contributed by atoms with Crippen molar-refractivity contribution < 1.29 is 30.0 Å². The summed E-state index contributed by atoms with van der Waals surface area (Å²) in [7, 11) is 0. The Morgan fingerprint density at radius 3 is 2.22 bits per heavy atom. The van der Waals surface area contributed by atoms with Crippen LogP contribution in [0.1, 0.15) is 112 Å². The number of fused-ring (bicyclic) bond motifs is 6. The molecule has 3 aromatic carbocycles. The standard InChI is InChI=1S/C30H26NS.C15H28O2.Ir/c1-18(2)16-19-12-14-24-20(17-19)13-15-25(31-24)21-9-7-10-23-27(21)30(3,4)28-22-8-5-6-11-26(22)32-29(23)28;1-7-14(5,8-2)12(16)11-13(17)15(6,9-3)10-4;/h5-8,10-15,17-18H,16H2,1-4H3;11,16H,7-10H2,1-6H3;/q-1;;/b;12-11-;. The number of hydrogen-bond acceptors (Lipinski definition) is 4. The zero-order chi connectivity index (χ0) is 35.7. The summed E-state index contributed by atoms with van der Waals surface area (Å²) in [5, 5.41) is 12.7. The third-order valence-corrected chi connectivity index (χ3v) is 12.5. The molecule has 2 aromatic heterocycles. The normalized spacial score (nSPS) is 13.9. The quantitative estimate of drug-likeness (QED) is 0.0864. The third kappa shape index (κ3) is 7.43. The van der Waals surface area contributed by atoms with E-state index in [-0.39, 0.29) is 47.9 Å². The smallest absolute Gasteiger partial charge is 0.164 e. The Bertz CT molecular complexity index is 2010. The minimum Gasteiger partial charge on any atom is -0.512 e. The molecule has 0 saturated carbocycles. The molecule has 0 bridgehead atoms. The van der Waals surface area contributed by atoms with Gasteiger partial charge in [0.05, 0.1) is 5.52 Å². The summed E-state index contributed by atoms with van der Waals surface area (Å²) < 4.78 is 1.37. The number of aliphatic hydroxyl groups excluding tert-OH is 1. The van der Waals surface area contributed by atoms with Gasteiger partial charge in [0.2, 0.25) is 0 Å². The van der Waals surface area contributed by atoms with Crippen molar-refractivity contribution >= 4 is 38.1 Å². The molecule has 0 unspecified atom stereocenters. The van der Waals surface area contributed by atoms with Crippen LogP contribution in [0.4, 0.5) is 0 Å². The van der Waals surface area contributed by atoms with Crippen molar-refractivity contribution in [1.29, 1.82) is 0 Å². The molecule has 6 rings (SSSR count). The fraction of sp³-hybridized carbons (Fsp3) is 0.422. The van der Waals surface area contributed by atoms with E-state index in [1.165, 1.54) is 48.7 Å². The largest absolute Gasteiger partial charge is 0.512 e. The minimum atomic E-state index is -0.337. The zero-order valence-electron chi connectivity index (χ0n) is 31.6. The summed E-state index contributed by atoms with van der Waals surface area (Å²) in [5.74, 6) is 0.939. The average Bonchev–Trinajstić information content (AvgIpc) is 3.60. The van der Waals surface area contributed by atoms with Crippen molar-refractivity contribution in [3.05, 3.63) is 101 Å². The molecule has 1 aliphatic carbocycles. The molecule has 0 spiro atoms. The molecule has 0 fully saturated rings. The number of carbonyl (C=O) groups excluding carboxylic acids is 1. The Hall–Kier alpha value is -3.11. The van der Waals surface area contributed by atoms with E-state index in [1.807, 2.05) is 52.9 Å². The van der Waals surface area contributed by atoms with Crippen LogP contribution >= 0.6 is 11.3 Å². The van der Waals surface area contributed by atoms with Gasteiger partial charge in [-0.3, -0.25) is 9.78 Å². The van der Waals surface area contributed by atoms with Crippen molar-refractivity contribution in [1.82, 2.24) is 4.98 Å². The van der Waals surface area contributed by atoms with Crippen LogP contribution < -0.4 is 0 Å². The SMILES string of the molecule is CC(C)Cc1ccc2nc(-c3[c-]ccc4c3C(C)(C)c3c-4sc4ccccc34)ccc2c1.CCC(C)(CC)C(=O)/C=C(\O)C(C)(CC)CC.[Ir]. The van der Waals surface area contributed by atoms with Crippen LogP contribution in [0, 0.1) is 22.8 Å². The topological polar surface area (TPSA) is 50.2 Å². The van der Waals surface area contributed by atoms with Crippen molar-refractivity contribution in [2.75, 3.05) is 0 Å². The average molecular weight is 865 g/mol. The Kier molecular flexibility index (Phi) is 12.4. The van der Waals surface area contributed by atoms with Gasteiger partial charge in [-0.1, -0.05) is 111 Å². The fourth-order valence-corrected chi connectivity index (χ4v) is 8.51. The summed E-state index contributed by atoms with van der Waals surface area (Å²) >= 11 is 1.91. The van der Waals surface area contributed by atoms with Gasteiger partial charge in [0.25, 0.3) is 0 Å². The van der Waals surface area contributed by atoms with E-state index in [0.29, 0.717) is 5.92 Å². The second kappa shape index (κ2) is 15.6. The van der Waals surface area contributed by atoms with E-state index in [9.17, 15) is 9.90 Å². The van der Waals surface area contributed by atoms with Crippen molar-refractivity contribution in [2.24, 2.45) is 16.7 Å². The maximum absolute atomic E-state index is 12.2. The number of hydrogen-bond donors (Lipinski definition) is 1. The molecule has 3 nitrogen and oxygen atoms in total. The number of aromatic nitrogens is 1. The van der Waals surface area contributed by atoms with Crippen LogP contribution in [0.5, 0.6) is 0 Å². The van der Waals surface area contributed by atoms with E-state index in [2.05, 4.69) is 100 Å². The molecule has 0 aliphatic heterocycles. The van der Waals surface area contributed by atoms with Gasteiger partial charge < -0.3 is 5.11 Å². The molecular weight excluding hydrogens is 811 g/mol. The number of carbonyl (C=O) groups is 1. The number of nitrogens with zero attached hydrogens (tertiary/aromatic N) is 1. The van der Waals surface area contributed by atoms with Crippen LogP contribution in [0.2, 0.25) is 0 Å². The van der Waals surface area contributed by atoms with Crippen molar-refractivity contribution in [3.63, 3.8) is 0 Å². The molecule has 5 heteroatoms.